The number of anilines is 1. The summed E-state index contributed by atoms with van der Waals surface area (Å²) in [5, 5.41) is 12.7. The molecule has 0 saturated heterocycles. The molecule has 0 radical (unpaired) electrons. The van der Waals surface area contributed by atoms with E-state index in [1.54, 1.807) is 19.0 Å². The Bertz CT molecular complexity index is 423. The highest BCUT2D eigenvalue weighted by atomic mass is 16.3. The molecule has 0 aliphatic carbocycles. The van der Waals surface area contributed by atoms with Gasteiger partial charge in [-0.05, 0) is 24.1 Å². The summed E-state index contributed by atoms with van der Waals surface area (Å²) < 4.78 is 0. The molecule has 20 heavy (non-hydrogen) atoms. The molecule has 0 saturated carbocycles. The van der Waals surface area contributed by atoms with E-state index >= 15 is 0 Å². The van der Waals surface area contributed by atoms with Gasteiger partial charge in [-0.15, -0.1) is 0 Å². The van der Waals surface area contributed by atoms with Crippen molar-refractivity contribution >= 4 is 11.6 Å². The lowest BCUT2D eigenvalue weighted by atomic mass is 9.88. The molecule has 1 amide bonds. The number of hydrogen-bond donors (Lipinski definition) is 2. The van der Waals surface area contributed by atoms with Crippen molar-refractivity contribution in [1.29, 1.82) is 0 Å². The van der Waals surface area contributed by atoms with Crippen LogP contribution < -0.4 is 5.32 Å². The molecule has 1 aromatic rings. The van der Waals surface area contributed by atoms with Gasteiger partial charge in [-0.1, -0.05) is 26.0 Å². The number of rotatable bonds is 7. The van der Waals surface area contributed by atoms with Crippen molar-refractivity contribution in [3.8, 4) is 0 Å². The van der Waals surface area contributed by atoms with Crippen LogP contribution in [0.5, 0.6) is 0 Å². The molecule has 1 unspecified atom stereocenters. The van der Waals surface area contributed by atoms with Gasteiger partial charge in [0.15, 0.2) is 0 Å². The third kappa shape index (κ3) is 4.85. The lowest BCUT2D eigenvalue weighted by Crippen LogP contribution is -2.29. The molecular formula is C16H26N2O2. The number of aliphatic hydroxyl groups is 1. The molecule has 0 bridgehead atoms. The monoisotopic (exact) mass is 278 g/mol. The first-order chi connectivity index (χ1) is 9.40. The van der Waals surface area contributed by atoms with Gasteiger partial charge in [-0.25, -0.2) is 0 Å². The summed E-state index contributed by atoms with van der Waals surface area (Å²) in [6.07, 6.45) is 1.35. The average molecular weight is 278 g/mol. The van der Waals surface area contributed by atoms with E-state index in [9.17, 15) is 9.90 Å². The van der Waals surface area contributed by atoms with Gasteiger partial charge < -0.3 is 15.3 Å². The number of aliphatic hydroxyl groups excluding tert-OH is 1. The van der Waals surface area contributed by atoms with Gasteiger partial charge >= 0.3 is 0 Å². The Hall–Kier alpha value is -1.55. The van der Waals surface area contributed by atoms with Crippen LogP contribution in [0.3, 0.4) is 0 Å². The minimum atomic E-state index is -0.0977. The molecule has 112 valence electrons. The maximum absolute atomic E-state index is 11.6. The Morgan fingerprint density at radius 3 is 2.35 bits per heavy atom. The van der Waals surface area contributed by atoms with Crippen LogP contribution >= 0.6 is 0 Å². The number of nitrogens with one attached hydrogen (secondary N) is 1. The van der Waals surface area contributed by atoms with E-state index in [1.165, 1.54) is 0 Å². The van der Waals surface area contributed by atoms with Crippen molar-refractivity contribution in [3.05, 3.63) is 29.8 Å². The number of amides is 1. The Labute approximate surface area is 121 Å². The highest BCUT2D eigenvalue weighted by molar-refractivity contribution is 5.78. The number of carbonyl (C=O) groups excluding carboxylic acids is 1. The second-order valence-corrected chi connectivity index (χ2v) is 5.84. The fourth-order valence-electron chi connectivity index (χ4n) is 1.68. The zero-order valence-corrected chi connectivity index (χ0v) is 12.9. The van der Waals surface area contributed by atoms with Gasteiger partial charge in [0.05, 0.1) is 13.0 Å². The molecular weight excluding hydrogens is 252 g/mol. The van der Waals surface area contributed by atoms with Crippen LogP contribution in [0.1, 0.15) is 25.8 Å². The number of carbonyl (C=O) groups is 1. The summed E-state index contributed by atoms with van der Waals surface area (Å²) in [7, 11) is 3.53. The number of benzene rings is 1. The van der Waals surface area contributed by atoms with Gasteiger partial charge in [0.2, 0.25) is 5.91 Å². The van der Waals surface area contributed by atoms with E-state index in [0.29, 0.717) is 6.42 Å². The predicted octanol–water partition coefficient (Wildman–Crippen LogP) is 2.14. The molecule has 2 N–H and O–H groups in total. The van der Waals surface area contributed by atoms with Crippen LogP contribution in [0.15, 0.2) is 24.3 Å². The molecule has 0 heterocycles. The Morgan fingerprint density at radius 1 is 1.30 bits per heavy atom. The van der Waals surface area contributed by atoms with E-state index in [1.807, 2.05) is 24.3 Å². The second kappa shape index (κ2) is 7.29. The molecule has 0 aliphatic heterocycles. The van der Waals surface area contributed by atoms with Crippen molar-refractivity contribution in [3.63, 3.8) is 0 Å². The maximum atomic E-state index is 11.6. The Balaban J connectivity index is 2.57. The van der Waals surface area contributed by atoms with Crippen molar-refractivity contribution in [2.75, 3.05) is 32.6 Å². The standard InChI is InChI=1S/C16H26N2O2/c1-5-16(2,12-19)11-17-14-8-6-13(7-9-14)10-15(20)18(3)4/h6-9,17,19H,5,10-12H2,1-4H3. The van der Waals surface area contributed by atoms with Crippen LogP contribution in [0, 0.1) is 5.41 Å². The molecule has 0 aliphatic rings. The van der Waals surface area contributed by atoms with E-state index in [2.05, 4.69) is 19.2 Å². The van der Waals surface area contributed by atoms with Crippen molar-refractivity contribution in [2.45, 2.75) is 26.7 Å². The van der Waals surface area contributed by atoms with Crippen LogP contribution in [0.25, 0.3) is 0 Å². The van der Waals surface area contributed by atoms with Gasteiger partial charge in [-0.3, -0.25) is 4.79 Å². The number of likely N-dealkylation sites (N-methyl/N-ethyl adjacent to an activating group) is 1. The summed E-state index contributed by atoms with van der Waals surface area (Å²) in [4.78, 5) is 13.2. The van der Waals surface area contributed by atoms with Crippen LogP contribution in [0.4, 0.5) is 5.69 Å². The minimum Gasteiger partial charge on any atom is -0.396 e. The molecule has 1 atom stereocenters. The highest BCUT2D eigenvalue weighted by Gasteiger charge is 2.20. The fourth-order valence-corrected chi connectivity index (χ4v) is 1.68. The average Bonchev–Trinajstić information content (AvgIpc) is 2.46. The zero-order valence-electron chi connectivity index (χ0n) is 12.9. The van der Waals surface area contributed by atoms with Crippen molar-refractivity contribution in [2.24, 2.45) is 5.41 Å². The SMILES string of the molecule is CCC(C)(CO)CNc1ccc(CC(=O)N(C)C)cc1. The maximum Gasteiger partial charge on any atom is 0.226 e. The quantitative estimate of drug-likeness (QED) is 0.803. The largest absolute Gasteiger partial charge is 0.396 e. The van der Waals surface area contributed by atoms with Gasteiger partial charge in [0.25, 0.3) is 0 Å². The Kier molecular flexibility index (Phi) is 6.02. The van der Waals surface area contributed by atoms with E-state index < -0.39 is 0 Å². The van der Waals surface area contributed by atoms with Crippen molar-refractivity contribution < 1.29 is 9.90 Å². The number of nitrogens with zero attached hydrogens (tertiary/aromatic N) is 1. The number of hydrogen-bond acceptors (Lipinski definition) is 3. The Morgan fingerprint density at radius 2 is 1.90 bits per heavy atom. The first-order valence-electron chi connectivity index (χ1n) is 7.04. The topological polar surface area (TPSA) is 52.6 Å². The van der Waals surface area contributed by atoms with E-state index in [0.717, 1.165) is 24.2 Å². The van der Waals surface area contributed by atoms with Crippen molar-refractivity contribution in [1.82, 2.24) is 4.90 Å². The summed E-state index contributed by atoms with van der Waals surface area (Å²) in [6, 6.07) is 7.88. The molecule has 0 fully saturated rings. The third-order valence-corrected chi connectivity index (χ3v) is 3.76. The molecule has 0 aromatic heterocycles. The molecule has 4 nitrogen and oxygen atoms in total. The minimum absolute atomic E-state index is 0.0977. The molecule has 1 aromatic carbocycles. The molecule has 1 rings (SSSR count). The summed E-state index contributed by atoms with van der Waals surface area (Å²) in [5.74, 6) is 0.101. The smallest absolute Gasteiger partial charge is 0.226 e. The lowest BCUT2D eigenvalue weighted by molar-refractivity contribution is -0.127. The normalized spacial score (nSPS) is 13.7. The van der Waals surface area contributed by atoms with E-state index in [4.69, 9.17) is 0 Å². The van der Waals surface area contributed by atoms with Gasteiger partial charge in [-0.2, -0.15) is 0 Å². The first-order valence-corrected chi connectivity index (χ1v) is 7.04. The summed E-state index contributed by atoms with van der Waals surface area (Å²) in [6.45, 7) is 5.04. The lowest BCUT2D eigenvalue weighted by Gasteiger charge is -2.26. The van der Waals surface area contributed by atoms with Crippen LogP contribution in [-0.4, -0.2) is 43.2 Å². The summed E-state index contributed by atoms with van der Waals surface area (Å²) in [5.41, 5.74) is 1.92. The highest BCUT2D eigenvalue weighted by Crippen LogP contribution is 2.21. The van der Waals surface area contributed by atoms with Gasteiger partial charge in [0.1, 0.15) is 0 Å². The zero-order chi connectivity index (χ0) is 15.2. The van der Waals surface area contributed by atoms with Crippen LogP contribution in [-0.2, 0) is 11.2 Å². The summed E-state index contributed by atoms with van der Waals surface area (Å²) >= 11 is 0. The predicted molar refractivity (Wildman–Crippen MR) is 82.8 cm³/mol. The molecule has 0 spiro atoms. The van der Waals surface area contributed by atoms with Crippen LogP contribution in [0.2, 0.25) is 0 Å². The van der Waals surface area contributed by atoms with Gasteiger partial charge in [0, 0.05) is 31.7 Å². The third-order valence-electron chi connectivity index (χ3n) is 3.76. The fraction of sp³-hybridized carbons (Fsp3) is 0.562. The first kappa shape index (κ1) is 16.5. The van der Waals surface area contributed by atoms with E-state index in [-0.39, 0.29) is 17.9 Å². The molecule has 4 heteroatoms. The second-order valence-electron chi connectivity index (χ2n) is 5.84.